The first kappa shape index (κ1) is 62.3. The van der Waals surface area contributed by atoms with Gasteiger partial charge in [-0.2, -0.15) is 132 Å². The van der Waals surface area contributed by atoms with Gasteiger partial charge in [0.25, 0.3) is 0 Å². The molecule has 0 aliphatic heterocycles. The van der Waals surface area contributed by atoms with E-state index in [2.05, 4.69) is 0 Å². The van der Waals surface area contributed by atoms with Crippen LogP contribution in [0.15, 0.2) is 140 Å². The van der Waals surface area contributed by atoms with Crippen LogP contribution in [0.1, 0.15) is 54.9 Å². The van der Waals surface area contributed by atoms with Crippen molar-refractivity contribution in [3.8, 4) is 5.88 Å². The van der Waals surface area contributed by atoms with Crippen molar-refractivity contribution in [3.05, 3.63) is 190 Å². The molecule has 0 spiro atoms. The number of fused-ring (bicyclic) bond motifs is 1. The fourth-order valence-electron chi connectivity index (χ4n) is 8.60. The van der Waals surface area contributed by atoms with E-state index in [-0.39, 0.29) is 12.3 Å². The van der Waals surface area contributed by atoms with E-state index in [1.165, 1.54) is 0 Å². The summed E-state index contributed by atoms with van der Waals surface area (Å²) in [4.78, 5) is 23.3. The second-order valence-corrected chi connectivity index (χ2v) is 17.5. The number of carboxylic acids is 1. The third-order valence-electron chi connectivity index (χ3n) is 12.1. The van der Waals surface area contributed by atoms with Gasteiger partial charge in [-0.3, -0.25) is 4.79 Å². The standard InChI is InChI=1S/C32H12BF24.C19H15NO4/c34-25(35,36)13-1-14(26(37,38)39)6-21(5-13)33(22-7-15(27(40,41)42)2-16(8-22)28(43,44)45,23-9-17(29(46,47)48)3-18(10-23)30(49,50)51)24-11-19(31(52,53)54)4-20(12-24)32(55,56)57;21-17(15-7-2-1-3-8-15)12-20-16-9-5-4-6-14(16)10-11-18(20)24-13-19(22)23/h1-12H;1-11H,12-13H2/q-1;/p+1. The number of para-hydroxylation sites is 1. The Morgan fingerprint density at radius 1 is 0.383 bits per heavy atom. The van der Waals surface area contributed by atoms with Crippen molar-refractivity contribution >= 4 is 50.7 Å². The topological polar surface area (TPSA) is 67.5 Å². The van der Waals surface area contributed by atoms with Crippen LogP contribution in [0.2, 0.25) is 0 Å². The van der Waals surface area contributed by atoms with Crippen LogP contribution in [0.3, 0.4) is 0 Å². The normalized spacial score (nSPS) is 13.2. The maximum absolute atomic E-state index is 14.2. The van der Waals surface area contributed by atoms with Crippen molar-refractivity contribution in [3.63, 3.8) is 0 Å². The van der Waals surface area contributed by atoms with Gasteiger partial charge in [-0.15, -0.1) is 0 Å². The lowest BCUT2D eigenvalue weighted by atomic mass is 9.12. The van der Waals surface area contributed by atoms with Gasteiger partial charge in [0.15, 0.2) is 6.61 Å². The second kappa shape index (κ2) is 21.8. The molecule has 81 heavy (non-hydrogen) atoms. The number of ketones is 1. The number of ether oxygens (including phenoxy) is 1. The molecule has 1 heterocycles. The lowest BCUT2D eigenvalue weighted by molar-refractivity contribution is -0.662. The number of pyridine rings is 1. The number of rotatable bonds is 10. The van der Waals surface area contributed by atoms with Crippen LogP contribution in [0.5, 0.6) is 5.88 Å². The van der Waals surface area contributed by atoms with Crippen molar-refractivity contribution in [1.82, 2.24) is 0 Å². The summed E-state index contributed by atoms with van der Waals surface area (Å²) in [5.41, 5.74) is -28.8. The molecule has 30 heteroatoms. The molecule has 0 saturated carbocycles. The van der Waals surface area contributed by atoms with Crippen molar-refractivity contribution in [1.29, 1.82) is 0 Å². The highest BCUT2D eigenvalue weighted by molar-refractivity contribution is 7.20. The predicted molar refractivity (Wildman–Crippen MR) is 238 cm³/mol. The minimum absolute atomic E-state index is 0.0698. The first-order valence-corrected chi connectivity index (χ1v) is 22.1. The number of aromatic nitrogens is 1. The van der Waals surface area contributed by atoms with E-state index in [4.69, 9.17) is 9.84 Å². The molecule has 0 atom stereocenters. The quantitative estimate of drug-likeness (QED) is 0.0641. The van der Waals surface area contributed by atoms with E-state index < -0.39 is 207 Å². The SMILES string of the molecule is FC(F)(F)c1cc([B-](c2cc(C(F)(F)F)cc(C(F)(F)F)c2)(c2cc(C(F)(F)F)cc(C(F)(F)F)c2)c2cc(C(F)(F)F)cc(C(F)(F)F)c2)cc(C(F)(F)F)c1.O=C(O)COc1ccc2ccccc2[n+]1CC(=O)c1ccccc1. The van der Waals surface area contributed by atoms with Crippen molar-refractivity contribution in [2.75, 3.05) is 6.61 Å². The zero-order chi connectivity index (χ0) is 60.9. The maximum atomic E-state index is 14.2. The first-order valence-electron chi connectivity index (χ1n) is 22.1. The molecule has 0 unspecified atom stereocenters. The third-order valence-corrected chi connectivity index (χ3v) is 12.1. The first-order chi connectivity index (χ1) is 36.9. The van der Waals surface area contributed by atoms with Gasteiger partial charge in [-0.05, 0) is 36.4 Å². The summed E-state index contributed by atoms with van der Waals surface area (Å²) < 4.78 is 348. The molecule has 6 aromatic carbocycles. The lowest BCUT2D eigenvalue weighted by Gasteiger charge is -2.46. The molecule has 0 aliphatic rings. The molecular weight excluding hydrogens is 1160 g/mol. The van der Waals surface area contributed by atoms with Crippen LogP contribution in [0.25, 0.3) is 10.9 Å². The molecule has 1 aromatic heterocycles. The Morgan fingerprint density at radius 3 is 0.951 bits per heavy atom. The molecule has 432 valence electrons. The highest BCUT2D eigenvalue weighted by Crippen LogP contribution is 2.41. The number of carbonyl (C=O) groups is 2. The Morgan fingerprint density at radius 2 is 0.667 bits per heavy atom. The minimum atomic E-state index is -6.13. The Balaban J connectivity index is 0.000000363. The summed E-state index contributed by atoms with van der Waals surface area (Å²) in [6, 6.07) is 11.3. The highest BCUT2D eigenvalue weighted by atomic mass is 19.4. The van der Waals surface area contributed by atoms with E-state index in [0.717, 1.165) is 10.9 Å². The van der Waals surface area contributed by atoms with Crippen LogP contribution in [0.4, 0.5) is 105 Å². The number of hydrogen-bond donors (Lipinski definition) is 1. The molecule has 7 aromatic rings. The van der Waals surface area contributed by atoms with Crippen LogP contribution in [0, 0.1) is 0 Å². The number of alkyl halides is 24. The predicted octanol–water partition coefficient (Wildman–Crippen LogP) is 13.7. The zero-order valence-electron chi connectivity index (χ0n) is 39.5. The van der Waals surface area contributed by atoms with Crippen molar-refractivity contribution < 1.29 is 129 Å². The average Bonchev–Trinajstić information content (AvgIpc) is 3.56. The lowest BCUT2D eigenvalue weighted by Crippen LogP contribution is -2.75. The summed E-state index contributed by atoms with van der Waals surface area (Å²) in [6.07, 6.45) is -54.8. The maximum Gasteiger partial charge on any atom is 0.416 e. The minimum Gasteiger partial charge on any atom is -0.479 e. The van der Waals surface area contributed by atoms with E-state index in [1.807, 2.05) is 48.5 Å². The highest BCUT2D eigenvalue weighted by Gasteiger charge is 2.47. The van der Waals surface area contributed by atoms with Crippen LogP contribution < -0.4 is 31.2 Å². The summed E-state index contributed by atoms with van der Waals surface area (Å²) in [6.45, 7) is -0.391. The summed E-state index contributed by atoms with van der Waals surface area (Å²) in [7, 11) is 0. The van der Waals surface area contributed by atoms with Crippen molar-refractivity contribution in [2.45, 2.75) is 56.0 Å². The Bertz CT molecular complexity index is 3030. The largest absolute Gasteiger partial charge is 0.479 e. The molecule has 0 saturated heterocycles. The van der Waals surface area contributed by atoms with E-state index in [1.54, 1.807) is 22.8 Å². The molecule has 1 N–H and O–H groups in total. The number of carboxylic acid groups (broad SMARTS) is 1. The average molecular weight is 1190 g/mol. The number of nitrogens with zero attached hydrogens (tertiary/aromatic N) is 1. The molecule has 0 radical (unpaired) electrons. The van der Waals surface area contributed by atoms with E-state index >= 15 is 0 Å². The van der Waals surface area contributed by atoms with E-state index in [9.17, 15) is 115 Å². The van der Waals surface area contributed by atoms with Gasteiger partial charge in [-0.1, -0.05) is 91.0 Å². The summed E-state index contributed by atoms with van der Waals surface area (Å²) in [5, 5.41) is 9.78. The van der Waals surface area contributed by atoms with Gasteiger partial charge in [0.05, 0.1) is 50.6 Å². The van der Waals surface area contributed by atoms with Gasteiger partial charge < -0.3 is 9.84 Å². The summed E-state index contributed by atoms with van der Waals surface area (Å²) >= 11 is 0. The van der Waals surface area contributed by atoms with E-state index in [0.29, 0.717) is 11.4 Å². The van der Waals surface area contributed by atoms with Crippen molar-refractivity contribution in [2.24, 2.45) is 0 Å². The van der Waals surface area contributed by atoms with Gasteiger partial charge >= 0.3 is 61.3 Å². The molecule has 0 aliphatic carbocycles. The monoisotopic (exact) mass is 1190 g/mol. The molecule has 0 fully saturated rings. The Kier molecular flexibility index (Phi) is 16.8. The number of halogens is 24. The van der Waals surface area contributed by atoms with Gasteiger partial charge in [0.1, 0.15) is 6.15 Å². The molecular formula is C51H28BF24NO4. The van der Waals surface area contributed by atoms with Crippen LogP contribution in [-0.2, 0) is 60.7 Å². The molecule has 5 nitrogen and oxygen atoms in total. The van der Waals surface area contributed by atoms with Gasteiger partial charge in [0, 0.05) is 17.0 Å². The molecule has 7 rings (SSSR count). The molecule has 0 bridgehead atoms. The van der Waals surface area contributed by atoms with Gasteiger partial charge in [0.2, 0.25) is 17.8 Å². The third kappa shape index (κ3) is 14.3. The van der Waals surface area contributed by atoms with Crippen LogP contribution >= 0.6 is 0 Å². The van der Waals surface area contributed by atoms with Gasteiger partial charge in [-0.25, -0.2) is 4.79 Å². The van der Waals surface area contributed by atoms with Crippen LogP contribution in [-0.4, -0.2) is 29.6 Å². The molecule has 0 amide bonds. The second-order valence-electron chi connectivity index (χ2n) is 17.5. The fraction of sp³-hybridized carbons (Fsp3) is 0.196. The smallest absolute Gasteiger partial charge is 0.416 e. The number of hydrogen-bond acceptors (Lipinski definition) is 3. The number of carbonyl (C=O) groups excluding carboxylic acids is 1. The number of Topliss-reactive ketones (excluding diaryl/α,β-unsaturated/α-hetero) is 1. The Hall–Kier alpha value is -7.95. The summed E-state index contributed by atoms with van der Waals surface area (Å²) in [5.74, 6) is -0.790. The number of aliphatic carboxylic acids is 1. The Labute approximate surface area is 437 Å². The fourth-order valence-corrected chi connectivity index (χ4v) is 8.60. The zero-order valence-corrected chi connectivity index (χ0v) is 39.5. The number of benzene rings is 6.